The number of amides is 2. The number of H-pyrrole nitrogens is 1. The molecule has 38 heavy (non-hydrogen) atoms. The van der Waals surface area contributed by atoms with E-state index in [0.29, 0.717) is 35.9 Å². The number of piperazine rings is 1. The van der Waals surface area contributed by atoms with Crippen LogP contribution in [0.3, 0.4) is 0 Å². The van der Waals surface area contributed by atoms with E-state index in [1.54, 1.807) is 24.0 Å². The normalized spacial score (nSPS) is 18.9. The Hall–Kier alpha value is -3.97. The molecule has 0 saturated carbocycles. The molecular weight excluding hydrogens is 502 g/mol. The Labute approximate surface area is 225 Å². The van der Waals surface area contributed by atoms with E-state index in [9.17, 15) is 9.59 Å². The van der Waals surface area contributed by atoms with Crippen LogP contribution >= 0.6 is 11.6 Å². The number of hydrogen-bond acceptors (Lipinski definition) is 4. The van der Waals surface area contributed by atoms with Gasteiger partial charge in [-0.3, -0.25) is 9.59 Å². The van der Waals surface area contributed by atoms with Gasteiger partial charge in [0.1, 0.15) is 6.04 Å². The maximum Gasteiger partial charge on any atom is 0.246 e. The number of fused-ring (bicyclic) bond motifs is 4. The first-order valence-corrected chi connectivity index (χ1v) is 13.0. The largest absolute Gasteiger partial charge is 0.493 e. The van der Waals surface area contributed by atoms with Gasteiger partial charge in [0, 0.05) is 34.6 Å². The predicted octanol–water partition coefficient (Wildman–Crippen LogP) is 4.77. The molecule has 194 valence electrons. The Kier molecular flexibility index (Phi) is 6.24. The molecule has 6 rings (SSSR count). The van der Waals surface area contributed by atoms with Crippen LogP contribution in [0.15, 0.2) is 66.7 Å². The number of aromatic amines is 1. The van der Waals surface area contributed by atoms with E-state index in [0.717, 1.165) is 33.3 Å². The number of nitrogens with zero attached hydrogens (tertiary/aromatic N) is 2. The fourth-order valence-electron chi connectivity index (χ4n) is 5.84. The molecule has 3 aromatic carbocycles. The first-order chi connectivity index (χ1) is 18.5. The van der Waals surface area contributed by atoms with Crippen molar-refractivity contribution in [1.82, 2.24) is 14.8 Å². The molecular formula is C30H28ClN3O4. The van der Waals surface area contributed by atoms with Gasteiger partial charge in [0.05, 0.1) is 26.8 Å². The van der Waals surface area contributed by atoms with Crippen molar-refractivity contribution in [2.75, 3.05) is 27.3 Å². The lowest BCUT2D eigenvalue weighted by Gasteiger charge is -2.47. The maximum atomic E-state index is 13.9. The van der Waals surface area contributed by atoms with Crippen LogP contribution in [-0.4, -0.2) is 59.9 Å². The van der Waals surface area contributed by atoms with Crippen LogP contribution in [0.5, 0.6) is 11.5 Å². The summed E-state index contributed by atoms with van der Waals surface area (Å²) < 4.78 is 10.8. The molecule has 0 bridgehead atoms. The molecule has 8 heteroatoms. The third kappa shape index (κ3) is 4.07. The predicted molar refractivity (Wildman–Crippen MR) is 146 cm³/mol. The molecule has 1 saturated heterocycles. The standard InChI is InChI=1S/C30H28ClN3O4/c1-37-25-11-10-18(14-26(25)38-2)12-13-33-17-27(35)34-24(30(33)36)16-22-21-8-3-4-9-23(21)32-28(22)29(34)19-6-5-7-20(31)15-19/h3-11,14-15,24,29,32H,12-13,16-17H2,1-2H3/t24-,29-/m0/s1. The Morgan fingerprint density at radius 2 is 1.79 bits per heavy atom. The number of rotatable bonds is 6. The molecule has 2 aliphatic heterocycles. The van der Waals surface area contributed by atoms with E-state index in [-0.39, 0.29) is 18.4 Å². The summed E-state index contributed by atoms with van der Waals surface area (Å²) in [5.41, 5.74) is 4.91. The highest BCUT2D eigenvalue weighted by Crippen LogP contribution is 2.43. The minimum Gasteiger partial charge on any atom is -0.493 e. The van der Waals surface area contributed by atoms with Crippen LogP contribution in [0, 0.1) is 0 Å². The molecule has 0 unspecified atom stereocenters. The zero-order valence-electron chi connectivity index (χ0n) is 21.2. The summed E-state index contributed by atoms with van der Waals surface area (Å²) in [4.78, 5) is 34.6. The number of ether oxygens (including phenoxy) is 2. The minimum atomic E-state index is -0.586. The van der Waals surface area contributed by atoms with Gasteiger partial charge < -0.3 is 24.3 Å². The Morgan fingerprint density at radius 3 is 2.58 bits per heavy atom. The fourth-order valence-corrected chi connectivity index (χ4v) is 6.03. The molecule has 2 atom stereocenters. The second-order valence-corrected chi connectivity index (χ2v) is 10.2. The first kappa shape index (κ1) is 24.4. The summed E-state index contributed by atoms with van der Waals surface area (Å²) >= 11 is 6.37. The summed E-state index contributed by atoms with van der Waals surface area (Å²) in [7, 11) is 3.20. The van der Waals surface area contributed by atoms with E-state index in [4.69, 9.17) is 21.1 Å². The SMILES string of the molecule is COc1ccc(CCN2CC(=O)N3[C@@H](c4cccc(Cl)c4)c4[nH]c5ccccc5c4C[C@H]3C2=O)cc1OC. The van der Waals surface area contributed by atoms with Crippen molar-refractivity contribution >= 4 is 34.3 Å². The highest BCUT2D eigenvalue weighted by molar-refractivity contribution is 6.30. The molecule has 0 aliphatic carbocycles. The van der Waals surface area contributed by atoms with Crippen molar-refractivity contribution in [1.29, 1.82) is 0 Å². The number of halogens is 1. The van der Waals surface area contributed by atoms with Crippen LogP contribution in [-0.2, 0) is 22.4 Å². The summed E-state index contributed by atoms with van der Waals surface area (Å²) in [5.74, 6) is 1.19. The van der Waals surface area contributed by atoms with Crippen LogP contribution in [0.2, 0.25) is 5.02 Å². The van der Waals surface area contributed by atoms with E-state index in [1.165, 1.54) is 0 Å². The number of aromatic nitrogens is 1. The molecule has 4 aromatic rings. The summed E-state index contributed by atoms with van der Waals surface area (Å²) in [6.07, 6.45) is 1.07. The van der Waals surface area contributed by atoms with Crippen molar-refractivity contribution in [3.8, 4) is 11.5 Å². The lowest BCUT2D eigenvalue weighted by molar-refractivity contribution is -0.158. The van der Waals surface area contributed by atoms with Gasteiger partial charge in [-0.25, -0.2) is 0 Å². The van der Waals surface area contributed by atoms with Crippen molar-refractivity contribution in [2.24, 2.45) is 0 Å². The van der Waals surface area contributed by atoms with Crippen molar-refractivity contribution < 1.29 is 19.1 Å². The van der Waals surface area contributed by atoms with E-state index in [1.807, 2.05) is 60.7 Å². The van der Waals surface area contributed by atoms with Gasteiger partial charge in [-0.2, -0.15) is 0 Å². The first-order valence-electron chi connectivity index (χ1n) is 12.6. The lowest BCUT2D eigenvalue weighted by atomic mass is 9.86. The van der Waals surface area contributed by atoms with Gasteiger partial charge in [0.25, 0.3) is 0 Å². The topological polar surface area (TPSA) is 74.9 Å². The Bertz CT molecular complexity index is 1550. The average Bonchev–Trinajstić information content (AvgIpc) is 3.31. The van der Waals surface area contributed by atoms with Gasteiger partial charge in [0.15, 0.2) is 11.5 Å². The Morgan fingerprint density at radius 1 is 0.974 bits per heavy atom. The van der Waals surface area contributed by atoms with Gasteiger partial charge >= 0.3 is 0 Å². The van der Waals surface area contributed by atoms with Gasteiger partial charge in [-0.05, 0) is 53.4 Å². The number of para-hydroxylation sites is 1. The molecule has 3 heterocycles. The number of carbonyl (C=O) groups is 2. The van der Waals surface area contributed by atoms with E-state index >= 15 is 0 Å². The molecule has 7 nitrogen and oxygen atoms in total. The summed E-state index contributed by atoms with van der Waals surface area (Å²) in [6, 6.07) is 20.4. The number of methoxy groups -OCH3 is 2. The molecule has 0 spiro atoms. The number of benzene rings is 3. The molecule has 2 aliphatic rings. The van der Waals surface area contributed by atoms with Crippen molar-refractivity contribution in [3.63, 3.8) is 0 Å². The van der Waals surface area contributed by atoms with Gasteiger partial charge in [-0.15, -0.1) is 0 Å². The smallest absolute Gasteiger partial charge is 0.246 e. The van der Waals surface area contributed by atoms with Crippen LogP contribution < -0.4 is 9.47 Å². The second kappa shape index (κ2) is 9.72. The van der Waals surface area contributed by atoms with Crippen LogP contribution in [0.25, 0.3) is 10.9 Å². The highest BCUT2D eigenvalue weighted by Gasteiger charge is 2.48. The van der Waals surface area contributed by atoms with E-state index < -0.39 is 12.1 Å². The second-order valence-electron chi connectivity index (χ2n) is 9.74. The monoisotopic (exact) mass is 529 g/mol. The number of nitrogens with one attached hydrogen (secondary N) is 1. The minimum absolute atomic E-state index is 0.0342. The van der Waals surface area contributed by atoms with Crippen molar-refractivity contribution in [2.45, 2.75) is 24.9 Å². The molecule has 1 aromatic heterocycles. The number of carbonyl (C=O) groups excluding carboxylic acids is 2. The molecule has 2 amide bonds. The molecule has 1 N–H and O–H groups in total. The lowest BCUT2D eigenvalue weighted by Crippen LogP contribution is -2.63. The fraction of sp³-hybridized carbons (Fsp3) is 0.267. The van der Waals surface area contributed by atoms with Crippen molar-refractivity contribution in [3.05, 3.63) is 94.1 Å². The van der Waals surface area contributed by atoms with Crippen LogP contribution in [0.4, 0.5) is 0 Å². The summed E-state index contributed by atoms with van der Waals surface area (Å²) in [5, 5.41) is 1.67. The van der Waals surface area contributed by atoms with Crippen LogP contribution in [0.1, 0.15) is 28.4 Å². The zero-order valence-corrected chi connectivity index (χ0v) is 22.0. The molecule has 1 fully saturated rings. The van der Waals surface area contributed by atoms with Gasteiger partial charge in [-0.1, -0.05) is 48.0 Å². The Balaban J connectivity index is 1.34. The van der Waals surface area contributed by atoms with E-state index in [2.05, 4.69) is 11.1 Å². The quantitative estimate of drug-likeness (QED) is 0.390. The third-order valence-corrected chi connectivity index (χ3v) is 7.86. The average molecular weight is 530 g/mol. The zero-order chi connectivity index (χ0) is 26.4. The number of hydrogen-bond donors (Lipinski definition) is 1. The van der Waals surface area contributed by atoms with Gasteiger partial charge in [0.2, 0.25) is 11.8 Å². The third-order valence-electron chi connectivity index (χ3n) is 7.63. The summed E-state index contributed by atoms with van der Waals surface area (Å²) in [6.45, 7) is 0.474. The highest BCUT2D eigenvalue weighted by atomic mass is 35.5. The maximum absolute atomic E-state index is 13.9. The molecule has 0 radical (unpaired) electrons.